The fourth-order valence-corrected chi connectivity index (χ4v) is 1.96. The first kappa shape index (κ1) is 14.9. The Labute approximate surface area is 115 Å². The lowest BCUT2D eigenvalue weighted by atomic mass is 10.2. The summed E-state index contributed by atoms with van der Waals surface area (Å²) in [6.45, 7) is 1.33. The van der Waals surface area contributed by atoms with Gasteiger partial charge in [0.25, 0.3) is 0 Å². The molecular weight excluding hydrogens is 301 g/mol. The molecule has 3 N–H and O–H groups in total. The van der Waals surface area contributed by atoms with Crippen LogP contribution in [0.1, 0.15) is 12.0 Å². The minimum absolute atomic E-state index is 0.167. The molecule has 100 valence electrons. The Hall–Kier alpha value is -1.14. The van der Waals surface area contributed by atoms with Crippen molar-refractivity contribution in [2.24, 2.45) is 5.73 Å². The lowest BCUT2D eigenvalue weighted by molar-refractivity contribution is 0.270. The number of nitrogens with two attached hydrogens (primary N) is 1. The van der Waals surface area contributed by atoms with Crippen molar-refractivity contribution in [3.63, 3.8) is 0 Å². The second-order valence-corrected chi connectivity index (χ2v) is 4.95. The lowest BCUT2D eigenvalue weighted by Gasteiger charge is -2.12. The van der Waals surface area contributed by atoms with Gasteiger partial charge >= 0.3 is 0 Å². The van der Waals surface area contributed by atoms with Gasteiger partial charge in [-0.2, -0.15) is 0 Å². The fourth-order valence-electron chi connectivity index (χ4n) is 1.41. The zero-order valence-corrected chi connectivity index (χ0v) is 12.1. The Morgan fingerprint density at radius 2 is 2.17 bits per heavy atom. The van der Waals surface area contributed by atoms with Crippen LogP contribution in [0.5, 0.6) is 5.75 Å². The molecule has 0 unspecified atom stereocenters. The zero-order valence-electron chi connectivity index (χ0n) is 10.5. The van der Waals surface area contributed by atoms with Crippen LogP contribution in [0.25, 0.3) is 0 Å². The van der Waals surface area contributed by atoms with Crippen molar-refractivity contribution in [2.75, 3.05) is 27.2 Å². The van der Waals surface area contributed by atoms with Crippen molar-refractivity contribution in [3.05, 3.63) is 28.0 Å². The first-order chi connectivity index (χ1) is 8.43. The molecule has 0 bridgehead atoms. The van der Waals surface area contributed by atoms with Crippen molar-refractivity contribution >= 4 is 21.8 Å². The van der Waals surface area contributed by atoms with Gasteiger partial charge in [0.05, 0.1) is 11.1 Å². The van der Waals surface area contributed by atoms with E-state index in [4.69, 9.17) is 15.9 Å². The third-order valence-electron chi connectivity index (χ3n) is 2.34. The summed E-state index contributed by atoms with van der Waals surface area (Å²) in [5.41, 5.74) is 5.66. The van der Waals surface area contributed by atoms with Gasteiger partial charge in [0.1, 0.15) is 5.84 Å². The summed E-state index contributed by atoms with van der Waals surface area (Å²) in [5.74, 6) is -0.530. The van der Waals surface area contributed by atoms with Crippen molar-refractivity contribution < 1.29 is 9.13 Å². The van der Waals surface area contributed by atoms with Crippen LogP contribution in [0.15, 0.2) is 16.6 Å². The summed E-state index contributed by atoms with van der Waals surface area (Å²) in [4.78, 5) is 2.04. The van der Waals surface area contributed by atoms with Crippen LogP contribution >= 0.6 is 15.9 Å². The molecule has 0 aliphatic carbocycles. The highest BCUT2D eigenvalue weighted by Gasteiger charge is 2.13. The summed E-state index contributed by atoms with van der Waals surface area (Å²) < 4.78 is 19.4. The van der Waals surface area contributed by atoms with E-state index in [2.05, 4.69) is 15.9 Å². The number of halogens is 2. The summed E-state index contributed by atoms with van der Waals surface area (Å²) in [6, 6.07) is 3.06. The maximum Gasteiger partial charge on any atom is 0.179 e. The van der Waals surface area contributed by atoms with E-state index in [1.54, 1.807) is 6.07 Å². The van der Waals surface area contributed by atoms with Gasteiger partial charge in [-0.15, -0.1) is 0 Å². The number of nitrogens with one attached hydrogen (secondary N) is 1. The predicted octanol–water partition coefficient (Wildman–Crippen LogP) is 2.20. The van der Waals surface area contributed by atoms with Gasteiger partial charge in [-0.1, -0.05) is 0 Å². The van der Waals surface area contributed by atoms with E-state index in [0.29, 0.717) is 12.2 Å². The molecule has 0 radical (unpaired) electrons. The summed E-state index contributed by atoms with van der Waals surface area (Å²) >= 11 is 3.08. The van der Waals surface area contributed by atoms with E-state index in [0.717, 1.165) is 13.0 Å². The maximum absolute atomic E-state index is 13.9. The average Bonchev–Trinajstić information content (AvgIpc) is 2.29. The van der Waals surface area contributed by atoms with E-state index in [-0.39, 0.29) is 16.1 Å². The van der Waals surface area contributed by atoms with E-state index >= 15 is 0 Å². The molecule has 0 fully saturated rings. The topological polar surface area (TPSA) is 62.3 Å². The Balaban J connectivity index is 2.68. The minimum atomic E-state index is -0.521. The van der Waals surface area contributed by atoms with E-state index in [9.17, 15) is 4.39 Å². The van der Waals surface area contributed by atoms with Gasteiger partial charge in [-0.05, 0) is 48.6 Å². The fraction of sp³-hybridized carbons (Fsp3) is 0.417. The summed E-state index contributed by atoms with van der Waals surface area (Å²) in [5, 5.41) is 7.29. The maximum atomic E-state index is 13.9. The molecule has 1 aromatic rings. The van der Waals surface area contributed by atoms with E-state index in [1.807, 2.05) is 19.0 Å². The first-order valence-electron chi connectivity index (χ1n) is 5.53. The normalized spacial score (nSPS) is 10.7. The molecule has 0 aliphatic rings. The Morgan fingerprint density at radius 3 is 2.72 bits per heavy atom. The van der Waals surface area contributed by atoms with Crippen molar-refractivity contribution in [1.82, 2.24) is 4.90 Å². The molecule has 1 rings (SSSR count). The number of amidine groups is 1. The SMILES string of the molecule is CN(C)CCCOc1ccc(C(=N)N)c(Br)c1F. The largest absolute Gasteiger partial charge is 0.490 e. The molecular formula is C12H17BrFN3O. The van der Waals surface area contributed by atoms with Gasteiger partial charge in [0.15, 0.2) is 11.6 Å². The minimum Gasteiger partial charge on any atom is -0.490 e. The van der Waals surface area contributed by atoms with E-state index in [1.165, 1.54) is 6.07 Å². The average molecular weight is 318 g/mol. The number of hydrogen-bond donors (Lipinski definition) is 2. The predicted molar refractivity (Wildman–Crippen MR) is 73.8 cm³/mol. The smallest absolute Gasteiger partial charge is 0.179 e. The zero-order chi connectivity index (χ0) is 13.7. The highest BCUT2D eigenvalue weighted by atomic mass is 79.9. The number of ether oxygens (including phenoxy) is 1. The van der Waals surface area contributed by atoms with Crippen molar-refractivity contribution in [1.29, 1.82) is 5.41 Å². The van der Waals surface area contributed by atoms with Gasteiger partial charge < -0.3 is 15.4 Å². The number of benzene rings is 1. The standard InChI is InChI=1S/C12H17BrFN3O/c1-17(2)6-3-7-18-9-5-4-8(12(15)16)10(13)11(9)14/h4-5H,3,6-7H2,1-2H3,(H3,15,16). The Bertz CT molecular complexity index is 438. The van der Waals surface area contributed by atoms with Crippen LogP contribution in [-0.2, 0) is 0 Å². The molecule has 1 aromatic carbocycles. The van der Waals surface area contributed by atoms with Gasteiger partial charge in [0.2, 0.25) is 0 Å². The van der Waals surface area contributed by atoms with E-state index < -0.39 is 5.82 Å². The number of nitrogen functional groups attached to an aromatic ring is 1. The van der Waals surface area contributed by atoms with Crippen LogP contribution in [0.2, 0.25) is 0 Å². The third-order valence-corrected chi connectivity index (χ3v) is 3.12. The van der Waals surface area contributed by atoms with Crippen LogP contribution < -0.4 is 10.5 Å². The highest BCUT2D eigenvalue weighted by molar-refractivity contribution is 9.10. The summed E-state index contributed by atoms with van der Waals surface area (Å²) in [6.07, 6.45) is 0.818. The Kier molecular flexibility index (Phi) is 5.55. The molecule has 0 saturated heterocycles. The molecule has 18 heavy (non-hydrogen) atoms. The van der Waals surface area contributed by atoms with Crippen LogP contribution in [0.3, 0.4) is 0 Å². The number of hydrogen-bond acceptors (Lipinski definition) is 3. The molecule has 0 atom stereocenters. The quantitative estimate of drug-likeness (QED) is 0.480. The first-order valence-corrected chi connectivity index (χ1v) is 6.32. The monoisotopic (exact) mass is 317 g/mol. The number of rotatable bonds is 6. The van der Waals surface area contributed by atoms with Gasteiger partial charge in [0, 0.05) is 12.1 Å². The molecule has 6 heteroatoms. The number of nitrogens with zero attached hydrogens (tertiary/aromatic N) is 1. The molecule has 4 nitrogen and oxygen atoms in total. The molecule has 0 aromatic heterocycles. The molecule has 0 saturated carbocycles. The lowest BCUT2D eigenvalue weighted by Crippen LogP contribution is -2.16. The second kappa shape index (κ2) is 6.70. The van der Waals surface area contributed by atoms with Crippen LogP contribution in [-0.4, -0.2) is 38.0 Å². The third kappa shape index (κ3) is 3.96. The molecule has 0 amide bonds. The second-order valence-electron chi connectivity index (χ2n) is 4.16. The van der Waals surface area contributed by atoms with Crippen LogP contribution in [0.4, 0.5) is 4.39 Å². The highest BCUT2D eigenvalue weighted by Crippen LogP contribution is 2.28. The van der Waals surface area contributed by atoms with Gasteiger partial charge in [-0.3, -0.25) is 5.41 Å². The van der Waals surface area contributed by atoms with Gasteiger partial charge in [-0.25, -0.2) is 4.39 Å². The van der Waals surface area contributed by atoms with Crippen LogP contribution in [0, 0.1) is 11.2 Å². The molecule has 0 spiro atoms. The summed E-state index contributed by atoms with van der Waals surface area (Å²) in [7, 11) is 3.94. The molecule has 0 heterocycles. The van der Waals surface area contributed by atoms with Crippen molar-refractivity contribution in [2.45, 2.75) is 6.42 Å². The molecule has 0 aliphatic heterocycles. The Morgan fingerprint density at radius 1 is 1.50 bits per heavy atom. The van der Waals surface area contributed by atoms with Crippen molar-refractivity contribution in [3.8, 4) is 5.75 Å².